The van der Waals surface area contributed by atoms with E-state index in [0.29, 0.717) is 11.1 Å². The molecule has 1 aromatic carbocycles. The highest BCUT2D eigenvalue weighted by molar-refractivity contribution is 6.30. The maximum atomic E-state index is 13.4. The molecule has 0 aliphatic heterocycles. The molecule has 2 aromatic rings. The first-order chi connectivity index (χ1) is 8.50. The first kappa shape index (κ1) is 12.7. The van der Waals surface area contributed by atoms with Gasteiger partial charge in [-0.05, 0) is 31.5 Å². The fourth-order valence-corrected chi connectivity index (χ4v) is 1.50. The molecular formula is C12H9ClF2N2O. The van der Waals surface area contributed by atoms with Gasteiger partial charge in [0, 0.05) is 5.56 Å². The number of benzene rings is 1. The van der Waals surface area contributed by atoms with Gasteiger partial charge in [0.05, 0.1) is 0 Å². The first-order valence-electron chi connectivity index (χ1n) is 5.12. The van der Waals surface area contributed by atoms with Gasteiger partial charge in [-0.3, -0.25) is 0 Å². The fraction of sp³-hybridized carbons (Fsp3) is 0.167. The van der Waals surface area contributed by atoms with Gasteiger partial charge in [0.2, 0.25) is 11.7 Å². The Bertz CT molecular complexity index is 605. The second-order valence-corrected chi connectivity index (χ2v) is 4.06. The Kier molecular flexibility index (Phi) is 3.43. The van der Waals surface area contributed by atoms with E-state index in [-0.39, 0.29) is 16.8 Å². The van der Waals surface area contributed by atoms with E-state index in [0.717, 1.165) is 6.07 Å². The van der Waals surface area contributed by atoms with E-state index in [2.05, 4.69) is 10.2 Å². The number of aromatic nitrogens is 2. The van der Waals surface area contributed by atoms with Crippen LogP contribution < -0.4 is 4.74 Å². The van der Waals surface area contributed by atoms with Gasteiger partial charge in [-0.25, -0.2) is 4.39 Å². The molecule has 0 N–H and O–H groups in total. The molecule has 0 aliphatic carbocycles. The lowest BCUT2D eigenvalue weighted by atomic mass is 10.2. The van der Waals surface area contributed by atoms with Crippen molar-refractivity contribution in [2.45, 2.75) is 13.8 Å². The van der Waals surface area contributed by atoms with E-state index in [1.54, 1.807) is 13.8 Å². The Labute approximate surface area is 107 Å². The van der Waals surface area contributed by atoms with Crippen LogP contribution in [0.2, 0.25) is 5.15 Å². The molecule has 0 aliphatic rings. The molecule has 6 heteroatoms. The highest BCUT2D eigenvalue weighted by atomic mass is 35.5. The van der Waals surface area contributed by atoms with Crippen molar-refractivity contribution in [2.75, 3.05) is 0 Å². The third kappa shape index (κ3) is 2.26. The van der Waals surface area contributed by atoms with Gasteiger partial charge < -0.3 is 4.74 Å². The average Bonchev–Trinajstić information content (AvgIpc) is 2.35. The van der Waals surface area contributed by atoms with Crippen molar-refractivity contribution in [2.24, 2.45) is 0 Å². The summed E-state index contributed by atoms with van der Waals surface area (Å²) in [7, 11) is 0. The lowest BCUT2D eigenvalue weighted by molar-refractivity contribution is 0.398. The van der Waals surface area contributed by atoms with E-state index in [1.165, 1.54) is 12.1 Å². The Hall–Kier alpha value is -1.75. The summed E-state index contributed by atoms with van der Waals surface area (Å²) in [5, 5.41) is 7.62. The third-order valence-electron chi connectivity index (χ3n) is 2.54. The molecule has 0 radical (unpaired) electrons. The second kappa shape index (κ2) is 4.86. The minimum atomic E-state index is -1.06. The number of nitrogens with zero attached hydrogens (tertiary/aromatic N) is 2. The van der Waals surface area contributed by atoms with Gasteiger partial charge in [-0.2, -0.15) is 4.39 Å². The molecule has 0 amide bonds. The summed E-state index contributed by atoms with van der Waals surface area (Å²) in [5.74, 6) is -2.19. The number of halogens is 3. The quantitative estimate of drug-likeness (QED) is 0.832. The van der Waals surface area contributed by atoms with Crippen LogP contribution in [0.4, 0.5) is 8.78 Å². The predicted octanol–water partition coefficient (Wildman–Crippen LogP) is 3.82. The molecule has 0 saturated heterocycles. The van der Waals surface area contributed by atoms with Gasteiger partial charge in [0.15, 0.2) is 16.7 Å². The summed E-state index contributed by atoms with van der Waals surface area (Å²) in [4.78, 5) is 0. The number of rotatable bonds is 2. The van der Waals surface area contributed by atoms with E-state index < -0.39 is 11.6 Å². The molecule has 0 saturated carbocycles. The number of ether oxygens (including phenoxy) is 1. The van der Waals surface area contributed by atoms with Crippen LogP contribution in [0.15, 0.2) is 18.2 Å². The molecule has 0 spiro atoms. The Balaban J connectivity index is 2.41. The minimum Gasteiger partial charge on any atom is -0.434 e. The van der Waals surface area contributed by atoms with Crippen molar-refractivity contribution in [1.82, 2.24) is 10.2 Å². The van der Waals surface area contributed by atoms with Crippen molar-refractivity contribution in [3.05, 3.63) is 46.1 Å². The third-order valence-corrected chi connectivity index (χ3v) is 2.90. The molecule has 18 heavy (non-hydrogen) atoms. The molecule has 0 atom stereocenters. The van der Waals surface area contributed by atoms with Crippen LogP contribution in [0, 0.1) is 25.5 Å². The summed E-state index contributed by atoms with van der Waals surface area (Å²) in [6, 6.07) is 3.66. The van der Waals surface area contributed by atoms with Crippen LogP contribution in [0.5, 0.6) is 11.6 Å². The van der Waals surface area contributed by atoms with Crippen LogP contribution in [-0.4, -0.2) is 10.2 Å². The second-order valence-electron chi connectivity index (χ2n) is 3.70. The summed E-state index contributed by atoms with van der Waals surface area (Å²) >= 11 is 5.78. The summed E-state index contributed by atoms with van der Waals surface area (Å²) in [5.41, 5.74) is 1.30. The lowest BCUT2D eigenvalue weighted by Crippen LogP contribution is -1.99. The van der Waals surface area contributed by atoms with Gasteiger partial charge in [-0.1, -0.05) is 17.7 Å². The van der Waals surface area contributed by atoms with Crippen LogP contribution in [-0.2, 0) is 0 Å². The van der Waals surface area contributed by atoms with Crippen molar-refractivity contribution in [1.29, 1.82) is 0 Å². The number of hydrogen-bond acceptors (Lipinski definition) is 3. The van der Waals surface area contributed by atoms with Crippen LogP contribution in [0.25, 0.3) is 0 Å². The highest BCUT2D eigenvalue weighted by Crippen LogP contribution is 2.29. The zero-order chi connectivity index (χ0) is 13.3. The summed E-state index contributed by atoms with van der Waals surface area (Å²) in [6.07, 6.45) is 0. The van der Waals surface area contributed by atoms with Crippen molar-refractivity contribution in [3.8, 4) is 11.6 Å². The zero-order valence-electron chi connectivity index (χ0n) is 9.67. The van der Waals surface area contributed by atoms with Crippen molar-refractivity contribution < 1.29 is 13.5 Å². The van der Waals surface area contributed by atoms with Gasteiger partial charge in [-0.15, -0.1) is 10.2 Å². The fourth-order valence-electron chi connectivity index (χ4n) is 1.32. The van der Waals surface area contributed by atoms with Gasteiger partial charge in [0.25, 0.3) is 0 Å². The first-order valence-corrected chi connectivity index (χ1v) is 5.49. The lowest BCUT2D eigenvalue weighted by Gasteiger charge is -2.10. The predicted molar refractivity (Wildman–Crippen MR) is 62.9 cm³/mol. The number of hydrogen-bond donors (Lipinski definition) is 0. The molecule has 2 rings (SSSR count). The SMILES string of the molecule is Cc1c(Cl)nnc(Oc2cccc(F)c2F)c1C. The molecule has 1 aromatic heterocycles. The monoisotopic (exact) mass is 270 g/mol. The average molecular weight is 271 g/mol. The van der Waals surface area contributed by atoms with E-state index >= 15 is 0 Å². The maximum Gasteiger partial charge on any atom is 0.242 e. The van der Waals surface area contributed by atoms with Crippen LogP contribution >= 0.6 is 11.6 Å². The Morgan fingerprint density at radius 2 is 1.83 bits per heavy atom. The van der Waals surface area contributed by atoms with Crippen molar-refractivity contribution >= 4 is 11.6 Å². The van der Waals surface area contributed by atoms with E-state index in [4.69, 9.17) is 16.3 Å². The largest absolute Gasteiger partial charge is 0.434 e. The van der Waals surface area contributed by atoms with Gasteiger partial charge in [0.1, 0.15) is 0 Å². The topological polar surface area (TPSA) is 35.0 Å². The van der Waals surface area contributed by atoms with Crippen LogP contribution in [0.3, 0.4) is 0 Å². The Morgan fingerprint density at radius 3 is 2.56 bits per heavy atom. The molecule has 0 fully saturated rings. The van der Waals surface area contributed by atoms with Crippen molar-refractivity contribution in [3.63, 3.8) is 0 Å². The molecule has 0 bridgehead atoms. The summed E-state index contributed by atoms with van der Waals surface area (Å²) in [6.45, 7) is 3.45. The minimum absolute atomic E-state index is 0.0985. The smallest absolute Gasteiger partial charge is 0.242 e. The standard InChI is InChI=1S/C12H9ClF2N2O/c1-6-7(2)12(17-16-11(6)13)18-9-5-3-4-8(14)10(9)15/h3-5H,1-2H3. The molecule has 0 unspecified atom stereocenters. The normalized spacial score (nSPS) is 10.5. The maximum absolute atomic E-state index is 13.4. The van der Waals surface area contributed by atoms with E-state index in [1.807, 2.05) is 0 Å². The van der Waals surface area contributed by atoms with E-state index in [9.17, 15) is 8.78 Å². The molecule has 94 valence electrons. The van der Waals surface area contributed by atoms with Crippen LogP contribution in [0.1, 0.15) is 11.1 Å². The molecule has 3 nitrogen and oxygen atoms in total. The highest BCUT2D eigenvalue weighted by Gasteiger charge is 2.14. The summed E-state index contributed by atoms with van der Waals surface area (Å²) < 4.78 is 31.6. The molecular weight excluding hydrogens is 262 g/mol. The zero-order valence-corrected chi connectivity index (χ0v) is 10.4. The Morgan fingerprint density at radius 1 is 1.11 bits per heavy atom. The van der Waals surface area contributed by atoms with Gasteiger partial charge >= 0.3 is 0 Å². The molecule has 1 heterocycles.